The Labute approximate surface area is 114 Å². The maximum absolute atomic E-state index is 12.2. The van der Waals surface area contributed by atoms with Gasteiger partial charge in [-0.1, -0.05) is 6.92 Å². The topological polar surface area (TPSA) is 72.8 Å². The highest BCUT2D eigenvalue weighted by molar-refractivity contribution is 5.98. The van der Waals surface area contributed by atoms with Gasteiger partial charge >= 0.3 is 12.6 Å². The zero-order valence-electron chi connectivity index (χ0n) is 10.9. The van der Waals surface area contributed by atoms with E-state index in [2.05, 4.69) is 4.74 Å². The van der Waals surface area contributed by atoms with Gasteiger partial charge in [0.25, 0.3) is 0 Å². The second-order valence-corrected chi connectivity index (χ2v) is 4.11. The average Bonchev–Trinajstić information content (AvgIpc) is 2.37. The van der Waals surface area contributed by atoms with Crippen LogP contribution in [0, 0.1) is 5.92 Å². The van der Waals surface area contributed by atoms with Gasteiger partial charge in [-0.2, -0.15) is 8.78 Å². The average molecular weight is 288 g/mol. The molecule has 7 heteroatoms. The van der Waals surface area contributed by atoms with Crippen LogP contribution < -0.4 is 9.47 Å². The van der Waals surface area contributed by atoms with Gasteiger partial charge in [0.2, 0.25) is 0 Å². The Morgan fingerprint density at radius 3 is 2.45 bits per heavy atom. The van der Waals surface area contributed by atoms with Crippen molar-refractivity contribution in [3.8, 4) is 11.5 Å². The highest BCUT2D eigenvalue weighted by atomic mass is 19.3. The van der Waals surface area contributed by atoms with E-state index < -0.39 is 24.3 Å². The van der Waals surface area contributed by atoms with Crippen LogP contribution in [-0.4, -0.2) is 30.6 Å². The van der Waals surface area contributed by atoms with Crippen LogP contribution >= 0.6 is 0 Å². The lowest BCUT2D eigenvalue weighted by molar-refractivity contribution is -0.141. The molecule has 0 aliphatic rings. The normalized spacial score (nSPS) is 12.1. The number of carbonyl (C=O) groups excluding carboxylic acids is 1. The van der Waals surface area contributed by atoms with E-state index in [1.54, 1.807) is 0 Å². The number of aliphatic carboxylic acids is 1. The first kappa shape index (κ1) is 15.9. The van der Waals surface area contributed by atoms with Crippen LogP contribution in [0.3, 0.4) is 0 Å². The van der Waals surface area contributed by atoms with E-state index in [-0.39, 0.29) is 23.5 Å². The summed E-state index contributed by atoms with van der Waals surface area (Å²) in [7, 11) is 1.28. The molecule has 0 amide bonds. The summed E-state index contributed by atoms with van der Waals surface area (Å²) in [6, 6.07) is 3.80. The maximum Gasteiger partial charge on any atom is 0.387 e. The van der Waals surface area contributed by atoms with Crippen molar-refractivity contribution in [2.45, 2.75) is 20.0 Å². The van der Waals surface area contributed by atoms with E-state index in [0.29, 0.717) is 0 Å². The smallest absolute Gasteiger partial charge is 0.387 e. The van der Waals surface area contributed by atoms with Crippen molar-refractivity contribution in [3.63, 3.8) is 0 Å². The number of Topliss-reactive ketones (excluding diaryl/α,β-unsaturated/α-hetero) is 1. The Kier molecular flexibility index (Phi) is 5.42. The lowest BCUT2D eigenvalue weighted by atomic mass is 9.99. The molecule has 20 heavy (non-hydrogen) atoms. The number of carboxylic acid groups (broad SMARTS) is 1. The summed E-state index contributed by atoms with van der Waals surface area (Å²) in [6.07, 6.45) is -0.226. The van der Waals surface area contributed by atoms with Crippen molar-refractivity contribution < 1.29 is 33.0 Å². The first-order valence-corrected chi connectivity index (χ1v) is 5.74. The molecule has 0 fully saturated rings. The van der Waals surface area contributed by atoms with Crippen LogP contribution in [0.15, 0.2) is 18.2 Å². The summed E-state index contributed by atoms with van der Waals surface area (Å²) < 4.78 is 33.6. The number of hydrogen-bond donors (Lipinski definition) is 1. The summed E-state index contributed by atoms with van der Waals surface area (Å²) in [6.45, 7) is -1.66. The Bertz CT molecular complexity index is 502. The monoisotopic (exact) mass is 288 g/mol. The van der Waals surface area contributed by atoms with Crippen LogP contribution in [0.2, 0.25) is 0 Å². The summed E-state index contributed by atoms with van der Waals surface area (Å²) >= 11 is 0. The zero-order chi connectivity index (χ0) is 15.3. The molecule has 0 saturated heterocycles. The van der Waals surface area contributed by atoms with Crippen LogP contribution in [0.25, 0.3) is 0 Å². The van der Waals surface area contributed by atoms with Crippen molar-refractivity contribution in [2.75, 3.05) is 7.11 Å². The number of benzene rings is 1. The maximum atomic E-state index is 12.2. The largest absolute Gasteiger partial charge is 0.493 e. The molecule has 0 aliphatic carbocycles. The number of methoxy groups -OCH3 is 1. The molecule has 0 spiro atoms. The molecule has 0 heterocycles. The number of ketones is 1. The summed E-state index contributed by atoms with van der Waals surface area (Å²) in [5.74, 6) is -2.63. The van der Waals surface area contributed by atoms with E-state index in [0.717, 1.165) is 6.07 Å². The molecule has 0 radical (unpaired) electrons. The molecule has 1 atom stereocenters. The van der Waals surface area contributed by atoms with Crippen molar-refractivity contribution in [1.29, 1.82) is 0 Å². The Morgan fingerprint density at radius 1 is 1.30 bits per heavy atom. The second kappa shape index (κ2) is 6.83. The lowest BCUT2D eigenvalue weighted by Crippen LogP contribution is -2.15. The fourth-order valence-electron chi connectivity index (χ4n) is 1.52. The van der Waals surface area contributed by atoms with Gasteiger partial charge in [0.05, 0.1) is 13.0 Å². The predicted octanol–water partition coefficient (Wildman–Crippen LogP) is 2.59. The van der Waals surface area contributed by atoms with Crippen LogP contribution in [-0.2, 0) is 4.79 Å². The molecule has 1 N–H and O–H groups in total. The highest BCUT2D eigenvalue weighted by Gasteiger charge is 2.19. The molecule has 0 aromatic heterocycles. The minimum Gasteiger partial charge on any atom is -0.493 e. The number of rotatable bonds is 7. The van der Waals surface area contributed by atoms with Crippen LogP contribution in [0.5, 0.6) is 11.5 Å². The molecule has 5 nitrogen and oxygen atoms in total. The number of carboxylic acids is 1. The SMILES string of the molecule is COc1ccc(C(=O)CC(C)C(=O)O)cc1OC(F)F. The zero-order valence-corrected chi connectivity index (χ0v) is 10.9. The fraction of sp³-hybridized carbons (Fsp3) is 0.385. The predicted molar refractivity (Wildman–Crippen MR) is 65.4 cm³/mol. The van der Waals surface area contributed by atoms with E-state index in [4.69, 9.17) is 9.84 Å². The lowest BCUT2D eigenvalue weighted by Gasteiger charge is -2.11. The highest BCUT2D eigenvalue weighted by Crippen LogP contribution is 2.30. The molecule has 0 bridgehead atoms. The van der Waals surface area contributed by atoms with Gasteiger partial charge < -0.3 is 14.6 Å². The first-order valence-electron chi connectivity index (χ1n) is 5.74. The van der Waals surface area contributed by atoms with Crippen molar-refractivity contribution >= 4 is 11.8 Å². The number of halogens is 2. The van der Waals surface area contributed by atoms with E-state index in [1.165, 1.54) is 26.2 Å². The summed E-state index contributed by atoms with van der Waals surface area (Å²) in [5, 5.41) is 8.74. The van der Waals surface area contributed by atoms with Gasteiger partial charge in [-0.3, -0.25) is 9.59 Å². The van der Waals surface area contributed by atoms with Crippen LogP contribution in [0.4, 0.5) is 8.78 Å². The van der Waals surface area contributed by atoms with Gasteiger partial charge in [-0.15, -0.1) is 0 Å². The summed E-state index contributed by atoms with van der Waals surface area (Å²) in [5.41, 5.74) is 0.0922. The molecular formula is C13H14F2O5. The number of ether oxygens (including phenoxy) is 2. The minimum absolute atomic E-state index is 0.0631. The third kappa shape index (κ3) is 4.18. The van der Waals surface area contributed by atoms with Crippen molar-refractivity contribution in [3.05, 3.63) is 23.8 Å². The van der Waals surface area contributed by atoms with Gasteiger partial charge in [-0.05, 0) is 18.2 Å². The summed E-state index contributed by atoms with van der Waals surface area (Å²) in [4.78, 5) is 22.5. The Morgan fingerprint density at radius 2 is 1.95 bits per heavy atom. The van der Waals surface area contributed by atoms with Gasteiger partial charge in [0.1, 0.15) is 0 Å². The third-order valence-electron chi connectivity index (χ3n) is 2.61. The number of alkyl halides is 2. The number of hydrogen-bond acceptors (Lipinski definition) is 4. The fourth-order valence-corrected chi connectivity index (χ4v) is 1.52. The standard InChI is InChI=1S/C13H14F2O5/c1-7(12(17)18)5-9(16)8-3-4-10(19-2)11(6-8)20-13(14)15/h3-4,6-7,13H,5H2,1-2H3,(H,17,18). The van der Waals surface area contributed by atoms with Gasteiger partial charge in [-0.25, -0.2) is 0 Å². The van der Waals surface area contributed by atoms with E-state index >= 15 is 0 Å². The molecule has 1 unspecified atom stereocenters. The minimum atomic E-state index is -3.05. The van der Waals surface area contributed by atoms with Gasteiger partial charge in [0.15, 0.2) is 17.3 Å². The molecule has 110 valence electrons. The second-order valence-electron chi connectivity index (χ2n) is 4.11. The molecule has 1 aromatic rings. The molecule has 1 rings (SSSR count). The Balaban J connectivity index is 2.96. The van der Waals surface area contributed by atoms with E-state index in [1.807, 2.05) is 0 Å². The van der Waals surface area contributed by atoms with Crippen molar-refractivity contribution in [1.82, 2.24) is 0 Å². The molecular weight excluding hydrogens is 274 g/mol. The molecule has 0 aliphatic heterocycles. The first-order chi connectivity index (χ1) is 9.35. The quantitative estimate of drug-likeness (QED) is 0.781. The Hall–Kier alpha value is -2.18. The molecule has 0 saturated carbocycles. The number of carbonyl (C=O) groups is 2. The molecule has 1 aromatic carbocycles. The van der Waals surface area contributed by atoms with Crippen molar-refractivity contribution in [2.24, 2.45) is 5.92 Å². The van der Waals surface area contributed by atoms with E-state index in [9.17, 15) is 18.4 Å². The third-order valence-corrected chi connectivity index (χ3v) is 2.61. The van der Waals surface area contributed by atoms with Gasteiger partial charge in [0, 0.05) is 12.0 Å². The van der Waals surface area contributed by atoms with Crippen LogP contribution in [0.1, 0.15) is 23.7 Å².